The molecule has 0 amide bonds. The van der Waals surface area contributed by atoms with Gasteiger partial charge >= 0.3 is 18.1 Å². The van der Waals surface area contributed by atoms with E-state index in [1.165, 1.54) is 0 Å². The topological polar surface area (TPSA) is 26.3 Å². The van der Waals surface area contributed by atoms with Crippen LogP contribution in [0.4, 0.5) is 13.2 Å². The van der Waals surface area contributed by atoms with Crippen LogP contribution in [0.25, 0.3) is 0 Å². The third kappa shape index (κ3) is 15.3. The molecule has 0 unspecified atom stereocenters. The molecule has 0 radical (unpaired) electrons. The Morgan fingerprint density at radius 2 is 1.23 bits per heavy atom. The summed E-state index contributed by atoms with van der Waals surface area (Å²) in [6.07, 6.45) is 3.65. The van der Waals surface area contributed by atoms with E-state index in [2.05, 4.69) is 4.74 Å². The Labute approximate surface area is 144 Å². The Balaban J connectivity index is 3.23. The SMILES string of the molecule is O=C(OCCCCCCCCCCC[Si](Cl)(Cl)Cl)C(F)(F)F. The zero-order chi connectivity index (χ0) is 17.1. The average Bonchev–Trinajstić information content (AvgIpc) is 2.37. The molecule has 22 heavy (non-hydrogen) atoms. The summed E-state index contributed by atoms with van der Waals surface area (Å²) >= 11 is 17.3. The van der Waals surface area contributed by atoms with Crippen molar-refractivity contribution in [3.8, 4) is 0 Å². The lowest BCUT2D eigenvalue weighted by Crippen LogP contribution is -2.25. The first kappa shape index (κ1) is 22.3. The number of carbonyl (C=O) groups excluding carboxylic acids is 1. The van der Waals surface area contributed by atoms with Gasteiger partial charge in [0.15, 0.2) is 0 Å². The summed E-state index contributed by atoms with van der Waals surface area (Å²) in [6, 6.07) is -1.76. The highest BCUT2D eigenvalue weighted by Gasteiger charge is 2.40. The molecular formula is C13H22Cl3F3O2Si. The van der Waals surface area contributed by atoms with Crippen molar-refractivity contribution in [1.82, 2.24) is 0 Å². The molecule has 0 aliphatic heterocycles. The van der Waals surface area contributed by atoms with Crippen molar-refractivity contribution in [2.75, 3.05) is 6.61 Å². The maximum absolute atomic E-state index is 11.8. The summed E-state index contributed by atoms with van der Waals surface area (Å²) in [4.78, 5) is 10.4. The Kier molecular flexibility index (Phi) is 12.0. The van der Waals surface area contributed by atoms with Gasteiger partial charge in [-0.25, -0.2) is 4.79 Å². The molecule has 9 heteroatoms. The summed E-state index contributed by atoms with van der Waals surface area (Å²) < 4.78 is 39.6. The number of alkyl halides is 3. The molecule has 0 saturated carbocycles. The highest BCUT2D eigenvalue weighted by Crippen LogP contribution is 2.27. The van der Waals surface area contributed by atoms with E-state index < -0.39 is 18.1 Å². The first-order valence-corrected chi connectivity index (χ1v) is 12.7. The predicted octanol–water partition coefficient (Wildman–Crippen LogP) is 6.26. The zero-order valence-electron chi connectivity index (χ0n) is 12.4. The number of ether oxygens (including phenoxy) is 1. The van der Waals surface area contributed by atoms with E-state index in [0.29, 0.717) is 12.5 Å². The summed E-state index contributed by atoms with van der Waals surface area (Å²) in [5, 5.41) is 0. The van der Waals surface area contributed by atoms with E-state index in [1.807, 2.05) is 0 Å². The minimum absolute atomic E-state index is 0.167. The second kappa shape index (κ2) is 11.8. The molecule has 0 saturated heterocycles. The molecule has 0 aromatic heterocycles. The van der Waals surface area contributed by atoms with Gasteiger partial charge in [-0.05, 0) is 12.5 Å². The van der Waals surface area contributed by atoms with Crippen LogP contribution in [-0.2, 0) is 9.53 Å². The van der Waals surface area contributed by atoms with Gasteiger partial charge in [0.05, 0.1) is 6.61 Å². The van der Waals surface area contributed by atoms with E-state index in [9.17, 15) is 18.0 Å². The molecule has 0 aliphatic rings. The molecule has 0 heterocycles. The number of unbranched alkanes of at least 4 members (excludes halogenated alkanes) is 8. The second-order valence-corrected chi connectivity index (χ2v) is 14.5. The smallest absolute Gasteiger partial charge is 0.459 e. The number of carbonyl (C=O) groups is 1. The third-order valence-electron chi connectivity index (χ3n) is 3.07. The van der Waals surface area contributed by atoms with Gasteiger partial charge in [0.25, 0.3) is 0 Å². The normalized spacial score (nSPS) is 12.5. The highest BCUT2D eigenvalue weighted by molar-refractivity contribution is 7.64. The summed E-state index contributed by atoms with van der Waals surface area (Å²) in [7, 11) is 0. The first-order valence-electron chi connectivity index (χ1n) is 7.43. The minimum atomic E-state index is -4.89. The lowest BCUT2D eigenvalue weighted by Gasteiger charge is -2.07. The van der Waals surface area contributed by atoms with Crippen LogP contribution >= 0.6 is 33.2 Å². The maximum Gasteiger partial charge on any atom is 0.490 e. The van der Waals surface area contributed by atoms with Crippen LogP contribution in [0.2, 0.25) is 6.04 Å². The van der Waals surface area contributed by atoms with Gasteiger partial charge in [-0.3, -0.25) is 0 Å². The molecule has 0 spiro atoms. The zero-order valence-corrected chi connectivity index (χ0v) is 15.6. The fourth-order valence-electron chi connectivity index (χ4n) is 1.91. The number of esters is 1. The van der Waals surface area contributed by atoms with Crippen LogP contribution in [0.5, 0.6) is 0 Å². The second-order valence-electron chi connectivity index (χ2n) is 5.18. The van der Waals surface area contributed by atoms with Crippen LogP contribution in [0.15, 0.2) is 0 Å². The highest BCUT2D eigenvalue weighted by atomic mass is 35.8. The van der Waals surface area contributed by atoms with Gasteiger partial charge < -0.3 is 4.74 Å². The van der Waals surface area contributed by atoms with Crippen molar-refractivity contribution < 1.29 is 22.7 Å². The van der Waals surface area contributed by atoms with Gasteiger partial charge in [-0.1, -0.05) is 51.4 Å². The van der Waals surface area contributed by atoms with E-state index in [-0.39, 0.29) is 6.61 Å². The molecule has 0 bridgehead atoms. The summed E-state index contributed by atoms with van der Waals surface area (Å²) in [5.74, 6) is -2.11. The van der Waals surface area contributed by atoms with Crippen molar-refractivity contribution in [3.63, 3.8) is 0 Å². The van der Waals surface area contributed by atoms with Crippen molar-refractivity contribution >= 4 is 45.2 Å². The average molecular weight is 402 g/mol. The fourth-order valence-corrected chi connectivity index (χ4v) is 3.77. The van der Waals surface area contributed by atoms with Crippen LogP contribution in [-0.4, -0.2) is 24.8 Å². The van der Waals surface area contributed by atoms with Crippen LogP contribution in [0.1, 0.15) is 57.8 Å². The van der Waals surface area contributed by atoms with Gasteiger partial charge in [-0.15, -0.1) is 33.2 Å². The molecule has 0 aromatic rings. The molecule has 132 valence electrons. The Bertz CT molecular complexity index is 310. The number of rotatable bonds is 12. The fraction of sp³-hybridized carbons (Fsp3) is 0.923. The summed E-state index contributed by atoms with van der Waals surface area (Å²) in [5.41, 5.74) is 0. The van der Waals surface area contributed by atoms with E-state index >= 15 is 0 Å². The lowest BCUT2D eigenvalue weighted by atomic mass is 10.1. The quantitative estimate of drug-likeness (QED) is 0.167. The van der Waals surface area contributed by atoms with Gasteiger partial charge in [0.2, 0.25) is 0 Å². The largest absolute Gasteiger partial charge is 0.490 e. The number of hydrogen-bond donors (Lipinski definition) is 0. The molecule has 0 aromatic carbocycles. The Morgan fingerprint density at radius 1 is 0.818 bits per heavy atom. The third-order valence-corrected chi connectivity index (χ3v) is 5.69. The summed E-state index contributed by atoms with van der Waals surface area (Å²) in [6.45, 7) is -0.167. The van der Waals surface area contributed by atoms with E-state index in [4.69, 9.17) is 33.2 Å². The van der Waals surface area contributed by atoms with Crippen molar-refractivity contribution in [2.24, 2.45) is 0 Å². The van der Waals surface area contributed by atoms with E-state index in [0.717, 1.165) is 51.4 Å². The van der Waals surface area contributed by atoms with E-state index in [1.54, 1.807) is 0 Å². The molecule has 2 nitrogen and oxygen atoms in total. The van der Waals surface area contributed by atoms with Gasteiger partial charge in [0.1, 0.15) is 0 Å². The van der Waals surface area contributed by atoms with Crippen molar-refractivity contribution in [3.05, 3.63) is 0 Å². The van der Waals surface area contributed by atoms with Crippen LogP contribution in [0.3, 0.4) is 0 Å². The molecule has 0 aliphatic carbocycles. The monoisotopic (exact) mass is 400 g/mol. The van der Waals surface area contributed by atoms with Gasteiger partial charge in [-0.2, -0.15) is 13.2 Å². The van der Waals surface area contributed by atoms with Gasteiger partial charge in [0, 0.05) is 0 Å². The van der Waals surface area contributed by atoms with Crippen LogP contribution < -0.4 is 0 Å². The molecule has 0 rings (SSSR count). The number of halogens is 6. The molecule has 0 atom stereocenters. The van der Waals surface area contributed by atoms with Crippen LogP contribution in [0, 0.1) is 0 Å². The van der Waals surface area contributed by atoms with Crippen molar-refractivity contribution in [2.45, 2.75) is 70.0 Å². The first-order chi connectivity index (χ1) is 10.1. The Hall–Kier alpha value is 0.347. The lowest BCUT2D eigenvalue weighted by molar-refractivity contribution is -0.199. The maximum atomic E-state index is 11.8. The number of hydrogen-bond acceptors (Lipinski definition) is 2. The predicted molar refractivity (Wildman–Crippen MR) is 86.7 cm³/mol. The molecular weight excluding hydrogens is 380 g/mol. The molecule has 0 fully saturated rings. The molecule has 0 N–H and O–H groups in total. The standard InChI is InChI=1S/C13H22Cl3F3O2Si/c14-22(15,16)11-9-7-5-3-1-2-4-6-8-10-21-12(20)13(17,18)19/h1-11H2. The van der Waals surface area contributed by atoms with Crippen molar-refractivity contribution in [1.29, 1.82) is 0 Å². The minimum Gasteiger partial charge on any atom is -0.459 e. The Morgan fingerprint density at radius 3 is 1.64 bits per heavy atom.